The molecule has 2 aliphatic rings. The van der Waals surface area contributed by atoms with Gasteiger partial charge in [0.05, 0.1) is 12.7 Å². The molecule has 1 atom stereocenters. The van der Waals surface area contributed by atoms with Crippen LogP contribution < -0.4 is 15.4 Å². The van der Waals surface area contributed by atoms with Crippen LogP contribution in [-0.4, -0.2) is 60.3 Å². The van der Waals surface area contributed by atoms with E-state index in [0.29, 0.717) is 45.3 Å². The Morgan fingerprint density at radius 2 is 2.11 bits per heavy atom. The van der Waals surface area contributed by atoms with Gasteiger partial charge in [-0.3, -0.25) is 4.79 Å². The van der Waals surface area contributed by atoms with Crippen molar-refractivity contribution in [3.8, 4) is 5.75 Å². The number of nitrogens with zero attached hydrogens (tertiary/aromatic N) is 1. The number of amides is 3. The highest BCUT2D eigenvalue weighted by Gasteiger charge is 2.34. The monoisotopic (exact) mass is 375 g/mol. The summed E-state index contributed by atoms with van der Waals surface area (Å²) in [7, 11) is 1.63. The van der Waals surface area contributed by atoms with Crippen LogP contribution in [0.1, 0.15) is 37.7 Å². The van der Waals surface area contributed by atoms with Gasteiger partial charge in [-0.1, -0.05) is 18.2 Å². The number of rotatable bonds is 6. The number of hydrogen-bond acceptors (Lipinski definition) is 4. The third-order valence-corrected chi connectivity index (χ3v) is 5.55. The molecule has 0 aromatic heterocycles. The van der Waals surface area contributed by atoms with Crippen molar-refractivity contribution in [1.82, 2.24) is 15.5 Å². The third kappa shape index (κ3) is 5.13. The van der Waals surface area contributed by atoms with Gasteiger partial charge in [0.15, 0.2) is 0 Å². The fourth-order valence-electron chi connectivity index (χ4n) is 3.87. The first kappa shape index (κ1) is 19.5. The lowest BCUT2D eigenvalue weighted by Gasteiger charge is -2.38. The third-order valence-electron chi connectivity index (χ3n) is 5.55. The summed E-state index contributed by atoms with van der Waals surface area (Å²) in [6.45, 7) is 1.60. The summed E-state index contributed by atoms with van der Waals surface area (Å²) in [5.41, 5.74) is 0.165. The molecule has 1 aromatic rings. The highest BCUT2D eigenvalue weighted by molar-refractivity contribution is 5.78. The first-order chi connectivity index (χ1) is 13.0. The minimum Gasteiger partial charge on any atom is -0.496 e. The van der Waals surface area contributed by atoms with Gasteiger partial charge >= 0.3 is 6.03 Å². The van der Waals surface area contributed by atoms with Crippen molar-refractivity contribution >= 4 is 11.9 Å². The van der Waals surface area contributed by atoms with Gasteiger partial charge in [-0.15, -0.1) is 0 Å². The topological polar surface area (TPSA) is 90.9 Å². The number of urea groups is 1. The molecule has 0 radical (unpaired) electrons. The standard InChI is InChI=1S/C20H29N3O4/c1-27-17-5-3-2-4-15(17)14-20(26)9-12-23(13-10-20)19(25)21-11-8-16-6-7-18(24)22-16/h2-5,16,26H,6-14H2,1H3,(H,21,25)(H,22,24)/t16-/m1/s1. The summed E-state index contributed by atoms with van der Waals surface area (Å²) in [4.78, 5) is 25.3. The number of carbonyl (C=O) groups is 2. The number of methoxy groups -OCH3 is 1. The molecule has 1 aromatic carbocycles. The molecule has 2 fully saturated rings. The van der Waals surface area contributed by atoms with Gasteiger partial charge in [0.1, 0.15) is 5.75 Å². The Balaban J connectivity index is 1.43. The number of aliphatic hydroxyl groups is 1. The zero-order valence-corrected chi connectivity index (χ0v) is 15.9. The zero-order chi connectivity index (χ0) is 19.3. The van der Waals surface area contributed by atoms with Crippen LogP contribution in [0.15, 0.2) is 24.3 Å². The van der Waals surface area contributed by atoms with Crippen molar-refractivity contribution < 1.29 is 19.4 Å². The van der Waals surface area contributed by atoms with Crippen molar-refractivity contribution in [1.29, 1.82) is 0 Å². The largest absolute Gasteiger partial charge is 0.496 e. The first-order valence-electron chi connectivity index (χ1n) is 9.65. The smallest absolute Gasteiger partial charge is 0.317 e. The number of hydrogen-bond donors (Lipinski definition) is 3. The quantitative estimate of drug-likeness (QED) is 0.702. The van der Waals surface area contributed by atoms with Gasteiger partial charge in [-0.05, 0) is 37.3 Å². The molecule has 148 valence electrons. The van der Waals surface area contributed by atoms with Crippen LogP contribution in [0.3, 0.4) is 0 Å². The summed E-state index contributed by atoms with van der Waals surface area (Å²) in [6, 6.07) is 7.79. The van der Waals surface area contributed by atoms with Crippen molar-refractivity contribution in [3.63, 3.8) is 0 Å². The van der Waals surface area contributed by atoms with Crippen molar-refractivity contribution in [2.45, 2.75) is 50.2 Å². The van der Waals surface area contributed by atoms with E-state index in [4.69, 9.17) is 4.74 Å². The maximum atomic E-state index is 12.3. The SMILES string of the molecule is COc1ccccc1CC1(O)CCN(C(=O)NCC[C@H]2CCC(=O)N2)CC1. The van der Waals surface area contributed by atoms with Crippen LogP contribution in [-0.2, 0) is 11.2 Å². The number of likely N-dealkylation sites (tertiary alicyclic amines) is 1. The van der Waals surface area contributed by atoms with E-state index < -0.39 is 5.60 Å². The van der Waals surface area contributed by atoms with Crippen molar-refractivity contribution in [3.05, 3.63) is 29.8 Å². The maximum absolute atomic E-state index is 12.3. The summed E-state index contributed by atoms with van der Waals surface area (Å²) in [6.07, 6.45) is 3.77. The molecular weight excluding hydrogens is 346 g/mol. The summed E-state index contributed by atoms with van der Waals surface area (Å²) < 4.78 is 5.37. The highest BCUT2D eigenvalue weighted by atomic mass is 16.5. The highest BCUT2D eigenvalue weighted by Crippen LogP contribution is 2.30. The number of ether oxygens (including phenoxy) is 1. The Labute approximate surface area is 160 Å². The van der Waals surface area contributed by atoms with E-state index in [9.17, 15) is 14.7 Å². The summed E-state index contributed by atoms with van der Waals surface area (Å²) in [5, 5.41) is 16.8. The second-order valence-corrected chi connectivity index (χ2v) is 7.52. The molecule has 0 bridgehead atoms. The Morgan fingerprint density at radius 1 is 1.37 bits per heavy atom. The number of nitrogens with one attached hydrogen (secondary N) is 2. The van der Waals surface area contributed by atoms with Crippen LogP contribution in [0, 0.1) is 0 Å². The molecule has 0 spiro atoms. The molecule has 0 saturated carbocycles. The molecule has 2 aliphatic heterocycles. The minimum absolute atomic E-state index is 0.0942. The molecule has 3 amide bonds. The predicted octanol–water partition coefficient (Wildman–Crippen LogP) is 1.44. The van der Waals surface area contributed by atoms with Crippen LogP contribution in [0.2, 0.25) is 0 Å². The molecule has 3 N–H and O–H groups in total. The van der Waals surface area contributed by atoms with Gasteiger partial charge in [0.25, 0.3) is 0 Å². The lowest BCUT2D eigenvalue weighted by Crippen LogP contribution is -2.51. The van der Waals surface area contributed by atoms with Gasteiger partial charge in [0, 0.05) is 38.5 Å². The second kappa shape index (κ2) is 8.61. The van der Waals surface area contributed by atoms with Gasteiger partial charge < -0.3 is 25.4 Å². The van der Waals surface area contributed by atoms with E-state index in [0.717, 1.165) is 24.2 Å². The van der Waals surface area contributed by atoms with Crippen molar-refractivity contribution in [2.24, 2.45) is 0 Å². The van der Waals surface area contributed by atoms with Gasteiger partial charge in [-0.25, -0.2) is 4.79 Å². The van der Waals surface area contributed by atoms with Crippen LogP contribution >= 0.6 is 0 Å². The molecule has 7 nitrogen and oxygen atoms in total. The predicted molar refractivity (Wildman–Crippen MR) is 102 cm³/mol. The van der Waals surface area contributed by atoms with E-state index in [1.807, 2.05) is 24.3 Å². The van der Waals surface area contributed by atoms with E-state index in [1.165, 1.54) is 0 Å². The fourth-order valence-corrected chi connectivity index (χ4v) is 3.87. The number of benzene rings is 1. The van der Waals surface area contributed by atoms with Crippen LogP contribution in [0.5, 0.6) is 5.75 Å². The number of para-hydroxylation sites is 1. The van der Waals surface area contributed by atoms with Crippen LogP contribution in [0.4, 0.5) is 4.79 Å². The van der Waals surface area contributed by atoms with E-state index >= 15 is 0 Å². The fraction of sp³-hybridized carbons (Fsp3) is 0.600. The van der Waals surface area contributed by atoms with E-state index in [1.54, 1.807) is 12.0 Å². The summed E-state index contributed by atoms with van der Waals surface area (Å²) >= 11 is 0. The Bertz CT molecular complexity index is 671. The lowest BCUT2D eigenvalue weighted by atomic mass is 9.85. The molecule has 27 heavy (non-hydrogen) atoms. The molecule has 0 aliphatic carbocycles. The van der Waals surface area contributed by atoms with Crippen molar-refractivity contribution in [2.75, 3.05) is 26.7 Å². The lowest BCUT2D eigenvalue weighted by molar-refractivity contribution is -0.119. The molecule has 2 heterocycles. The Hall–Kier alpha value is -2.28. The second-order valence-electron chi connectivity index (χ2n) is 7.52. The van der Waals surface area contributed by atoms with Crippen LogP contribution in [0.25, 0.3) is 0 Å². The first-order valence-corrected chi connectivity index (χ1v) is 9.65. The molecule has 7 heteroatoms. The number of carbonyl (C=O) groups excluding carboxylic acids is 2. The minimum atomic E-state index is -0.820. The number of piperidine rings is 1. The maximum Gasteiger partial charge on any atom is 0.317 e. The molecular formula is C20H29N3O4. The van der Waals surface area contributed by atoms with E-state index in [-0.39, 0.29) is 18.0 Å². The van der Waals surface area contributed by atoms with Gasteiger partial charge in [-0.2, -0.15) is 0 Å². The Morgan fingerprint density at radius 3 is 2.78 bits per heavy atom. The molecule has 0 unspecified atom stereocenters. The van der Waals surface area contributed by atoms with E-state index in [2.05, 4.69) is 10.6 Å². The van der Waals surface area contributed by atoms with Gasteiger partial charge in [0.2, 0.25) is 5.91 Å². The zero-order valence-electron chi connectivity index (χ0n) is 15.9. The molecule has 3 rings (SSSR count). The average Bonchev–Trinajstić information content (AvgIpc) is 3.07. The average molecular weight is 375 g/mol. The molecule has 2 saturated heterocycles. The summed E-state index contributed by atoms with van der Waals surface area (Å²) in [5.74, 6) is 0.877. The normalized spacial score (nSPS) is 21.6. The Kier molecular flexibility index (Phi) is 6.21.